The summed E-state index contributed by atoms with van der Waals surface area (Å²) in [5.74, 6) is 2.99. The monoisotopic (exact) mass is 480 g/mol. The van der Waals surface area contributed by atoms with Gasteiger partial charge in [0.05, 0.1) is 15.7 Å². The van der Waals surface area contributed by atoms with E-state index in [0.717, 1.165) is 71.7 Å². The van der Waals surface area contributed by atoms with Crippen LogP contribution in [0.2, 0.25) is 5.02 Å². The molecule has 0 spiro atoms. The maximum Gasteiger partial charge on any atom is 0.231 e. The molecule has 2 aromatic carbocycles. The normalized spacial score (nSPS) is 15.8. The van der Waals surface area contributed by atoms with Crippen LogP contribution in [0.5, 0.6) is 11.5 Å². The zero-order valence-electron chi connectivity index (χ0n) is 17.7. The molecule has 4 aromatic rings. The van der Waals surface area contributed by atoms with E-state index in [9.17, 15) is 0 Å². The molecule has 0 amide bonds. The Balaban J connectivity index is 1.10. The molecule has 0 unspecified atom stereocenters. The molecule has 2 aromatic heterocycles. The van der Waals surface area contributed by atoms with E-state index in [-0.39, 0.29) is 6.79 Å². The van der Waals surface area contributed by atoms with Crippen LogP contribution in [0.25, 0.3) is 10.2 Å². The molecule has 1 saturated heterocycles. The Bertz CT molecular complexity index is 1310. The summed E-state index contributed by atoms with van der Waals surface area (Å²) in [4.78, 5) is 18.2. The molecule has 1 N–H and O–H groups in total. The van der Waals surface area contributed by atoms with Gasteiger partial charge < -0.3 is 19.7 Å². The Labute approximate surface area is 199 Å². The fourth-order valence-corrected chi connectivity index (χ4v) is 5.01. The van der Waals surface area contributed by atoms with Crippen LogP contribution in [0.15, 0.2) is 48.1 Å². The number of aromatic nitrogens is 3. The minimum atomic E-state index is 0.252. The van der Waals surface area contributed by atoms with Crippen LogP contribution in [-0.2, 0) is 6.54 Å². The largest absolute Gasteiger partial charge is 0.454 e. The van der Waals surface area contributed by atoms with Gasteiger partial charge in [-0.3, -0.25) is 4.90 Å². The highest BCUT2D eigenvalue weighted by molar-refractivity contribution is 7.16. The van der Waals surface area contributed by atoms with E-state index in [1.807, 2.05) is 35.8 Å². The number of fused-ring (bicyclic) bond motifs is 2. The fraction of sp³-hybridized carbons (Fsp3) is 0.261. The molecule has 10 heteroatoms. The van der Waals surface area contributed by atoms with Crippen molar-refractivity contribution >= 4 is 50.6 Å². The highest BCUT2D eigenvalue weighted by Gasteiger charge is 2.22. The van der Waals surface area contributed by atoms with Gasteiger partial charge in [-0.1, -0.05) is 11.6 Å². The molecule has 0 atom stereocenters. The average Bonchev–Trinajstić information content (AvgIpc) is 3.49. The zero-order valence-corrected chi connectivity index (χ0v) is 19.3. The third kappa shape index (κ3) is 4.27. The maximum atomic E-state index is 6.46. The van der Waals surface area contributed by atoms with Gasteiger partial charge in [-0.15, -0.1) is 11.3 Å². The standard InChI is InChI=1S/C23H21ClN6O2S/c24-17-11-20-19(31-14-32-20)9-15(17)12-29-5-7-30(8-6-29)23-25-4-3-22(28-23)27-16-1-2-18-21(10-16)33-13-26-18/h1-4,9-11,13H,5-8,12,14H2,(H,25,27,28). The van der Waals surface area contributed by atoms with Crippen LogP contribution in [0.3, 0.4) is 0 Å². The van der Waals surface area contributed by atoms with Gasteiger partial charge in [0.2, 0.25) is 12.7 Å². The summed E-state index contributed by atoms with van der Waals surface area (Å²) in [5.41, 5.74) is 4.91. The fourth-order valence-electron chi connectivity index (χ4n) is 4.08. The molecule has 0 radical (unpaired) electrons. The lowest BCUT2D eigenvalue weighted by atomic mass is 10.1. The number of ether oxygens (including phenoxy) is 2. The molecule has 8 nitrogen and oxygen atoms in total. The molecule has 0 bridgehead atoms. The molecule has 0 aliphatic carbocycles. The second kappa shape index (κ2) is 8.66. The highest BCUT2D eigenvalue weighted by Crippen LogP contribution is 2.37. The van der Waals surface area contributed by atoms with Crippen LogP contribution >= 0.6 is 22.9 Å². The predicted octanol–water partition coefficient (Wildman–Crippen LogP) is 4.53. The SMILES string of the molecule is Clc1cc2c(cc1CN1CCN(c3nccc(Nc4ccc5ncsc5c4)n3)CC1)OCO2. The number of hydrogen-bond acceptors (Lipinski definition) is 9. The molecule has 6 rings (SSSR count). The first kappa shape index (κ1) is 20.5. The Kier molecular flexibility index (Phi) is 5.37. The lowest BCUT2D eigenvalue weighted by molar-refractivity contribution is 0.174. The zero-order chi connectivity index (χ0) is 22.2. The lowest BCUT2D eigenvalue weighted by Gasteiger charge is -2.35. The molecular weight excluding hydrogens is 460 g/mol. The van der Waals surface area contributed by atoms with Crippen molar-refractivity contribution in [2.45, 2.75) is 6.54 Å². The van der Waals surface area contributed by atoms with Crippen LogP contribution in [-0.4, -0.2) is 52.8 Å². The van der Waals surface area contributed by atoms with Crippen molar-refractivity contribution in [3.8, 4) is 11.5 Å². The summed E-state index contributed by atoms with van der Waals surface area (Å²) in [6.45, 7) is 4.51. The molecular formula is C23H21ClN6O2S. The molecule has 2 aliphatic heterocycles. The van der Waals surface area contributed by atoms with Gasteiger partial charge in [0.25, 0.3) is 0 Å². The average molecular weight is 481 g/mol. The van der Waals surface area contributed by atoms with Crippen molar-refractivity contribution in [1.29, 1.82) is 0 Å². The summed E-state index contributed by atoms with van der Waals surface area (Å²) in [6, 6.07) is 11.8. The Hall–Kier alpha value is -3.14. The van der Waals surface area contributed by atoms with Gasteiger partial charge in [-0.2, -0.15) is 4.98 Å². The molecule has 2 aliphatic rings. The third-order valence-electron chi connectivity index (χ3n) is 5.84. The van der Waals surface area contributed by atoms with Crippen LogP contribution < -0.4 is 19.7 Å². The van der Waals surface area contributed by atoms with E-state index in [2.05, 4.69) is 31.2 Å². The minimum absolute atomic E-state index is 0.252. The van der Waals surface area contributed by atoms with E-state index in [1.54, 1.807) is 17.5 Å². The van der Waals surface area contributed by atoms with Gasteiger partial charge in [0.1, 0.15) is 5.82 Å². The number of halogens is 1. The molecule has 1 fully saturated rings. The van der Waals surface area contributed by atoms with Crippen molar-refractivity contribution < 1.29 is 9.47 Å². The first-order valence-corrected chi connectivity index (χ1v) is 12.0. The van der Waals surface area contributed by atoms with Crippen molar-refractivity contribution in [3.63, 3.8) is 0 Å². The summed E-state index contributed by atoms with van der Waals surface area (Å²) < 4.78 is 12.0. The second-order valence-corrected chi connectivity index (χ2v) is 9.26. The summed E-state index contributed by atoms with van der Waals surface area (Å²) in [5, 5.41) is 4.10. The van der Waals surface area contributed by atoms with Crippen LogP contribution in [0.4, 0.5) is 17.5 Å². The van der Waals surface area contributed by atoms with E-state index in [4.69, 9.17) is 26.1 Å². The van der Waals surface area contributed by atoms with Gasteiger partial charge in [-0.25, -0.2) is 9.97 Å². The first-order valence-electron chi connectivity index (χ1n) is 10.7. The number of piperazine rings is 1. The number of nitrogens with zero attached hydrogens (tertiary/aromatic N) is 5. The second-order valence-electron chi connectivity index (χ2n) is 7.96. The van der Waals surface area contributed by atoms with Gasteiger partial charge in [0.15, 0.2) is 11.5 Å². The minimum Gasteiger partial charge on any atom is -0.454 e. The quantitative estimate of drug-likeness (QED) is 0.446. The van der Waals surface area contributed by atoms with Crippen molar-refractivity contribution in [3.05, 3.63) is 58.7 Å². The number of rotatable bonds is 5. The first-order chi connectivity index (χ1) is 16.2. The van der Waals surface area contributed by atoms with Crippen molar-refractivity contribution in [2.75, 3.05) is 43.2 Å². The van der Waals surface area contributed by atoms with Crippen LogP contribution in [0, 0.1) is 0 Å². The Morgan fingerprint density at radius 3 is 2.73 bits per heavy atom. The van der Waals surface area contributed by atoms with Gasteiger partial charge in [0, 0.05) is 55.7 Å². The van der Waals surface area contributed by atoms with E-state index >= 15 is 0 Å². The van der Waals surface area contributed by atoms with Gasteiger partial charge >= 0.3 is 0 Å². The number of benzene rings is 2. The van der Waals surface area contributed by atoms with Gasteiger partial charge in [-0.05, 0) is 35.9 Å². The third-order valence-corrected chi connectivity index (χ3v) is 6.98. The molecule has 4 heterocycles. The van der Waals surface area contributed by atoms with E-state index in [1.165, 1.54) is 0 Å². The van der Waals surface area contributed by atoms with E-state index < -0.39 is 0 Å². The van der Waals surface area contributed by atoms with Crippen LogP contribution in [0.1, 0.15) is 5.56 Å². The lowest BCUT2D eigenvalue weighted by Crippen LogP contribution is -2.46. The molecule has 33 heavy (non-hydrogen) atoms. The number of nitrogens with one attached hydrogen (secondary N) is 1. The summed E-state index contributed by atoms with van der Waals surface area (Å²) >= 11 is 8.09. The highest BCUT2D eigenvalue weighted by atomic mass is 35.5. The summed E-state index contributed by atoms with van der Waals surface area (Å²) in [7, 11) is 0. The van der Waals surface area contributed by atoms with Crippen molar-refractivity contribution in [1.82, 2.24) is 19.9 Å². The van der Waals surface area contributed by atoms with E-state index in [0.29, 0.717) is 10.8 Å². The number of hydrogen-bond donors (Lipinski definition) is 1. The topological polar surface area (TPSA) is 75.6 Å². The Morgan fingerprint density at radius 1 is 1.00 bits per heavy atom. The number of thiazole rings is 1. The van der Waals surface area contributed by atoms with Crippen molar-refractivity contribution in [2.24, 2.45) is 0 Å². The molecule has 168 valence electrons. The number of anilines is 3. The molecule has 0 saturated carbocycles. The maximum absolute atomic E-state index is 6.46. The smallest absolute Gasteiger partial charge is 0.231 e. The predicted molar refractivity (Wildman–Crippen MR) is 130 cm³/mol. The summed E-state index contributed by atoms with van der Waals surface area (Å²) in [6.07, 6.45) is 1.80. The Morgan fingerprint density at radius 2 is 1.85 bits per heavy atom.